The van der Waals surface area contributed by atoms with Crippen molar-refractivity contribution in [2.75, 3.05) is 11.9 Å². The topological polar surface area (TPSA) is 38.0 Å². The fourth-order valence-corrected chi connectivity index (χ4v) is 1.77. The van der Waals surface area contributed by atoms with Crippen LogP contribution in [0.4, 0.5) is 5.69 Å². The van der Waals surface area contributed by atoms with Crippen molar-refractivity contribution in [2.45, 2.75) is 39.2 Å². The number of anilines is 1. The molecule has 0 amide bonds. The van der Waals surface area contributed by atoms with Gasteiger partial charge in [0, 0.05) is 17.8 Å². The molecule has 0 saturated carbocycles. The van der Waals surface area contributed by atoms with E-state index < -0.39 is 0 Å². The lowest BCUT2D eigenvalue weighted by Crippen LogP contribution is -2.30. The average molecular weight is 218 g/mol. The molecule has 0 aliphatic rings. The largest absolute Gasteiger partial charge is 0.385 e. The van der Waals surface area contributed by atoms with Gasteiger partial charge in [-0.3, -0.25) is 0 Å². The maximum atomic E-state index is 6.17. The smallest absolute Gasteiger partial charge is 0.139 e. The van der Waals surface area contributed by atoms with Crippen molar-refractivity contribution in [3.8, 4) is 0 Å². The third-order valence-electron chi connectivity index (χ3n) is 2.72. The molecule has 0 aliphatic heterocycles. The molecule has 0 aliphatic carbocycles. The summed E-state index contributed by atoms with van der Waals surface area (Å²) in [7, 11) is 2.11. The lowest BCUT2D eigenvalue weighted by atomic mass is 9.88. The summed E-state index contributed by atoms with van der Waals surface area (Å²) in [6.07, 6.45) is 2.40. The number of hydrogen-bond donors (Lipinski definition) is 2. The van der Waals surface area contributed by atoms with Crippen molar-refractivity contribution in [1.29, 1.82) is 0 Å². The fourth-order valence-electron chi connectivity index (χ4n) is 1.77. The van der Waals surface area contributed by atoms with E-state index in [4.69, 9.17) is 5.73 Å². The van der Waals surface area contributed by atoms with Gasteiger partial charge in [0.1, 0.15) is 7.85 Å². The number of hydrogen-bond acceptors (Lipinski definition) is 2. The number of nitrogens with two attached hydrogens (primary N) is 1. The van der Waals surface area contributed by atoms with E-state index in [0.29, 0.717) is 0 Å². The first-order valence-electron chi connectivity index (χ1n) is 6.09. The van der Waals surface area contributed by atoms with Crippen molar-refractivity contribution in [2.24, 2.45) is 5.73 Å². The van der Waals surface area contributed by atoms with Crippen molar-refractivity contribution < 1.29 is 0 Å². The third-order valence-corrected chi connectivity index (χ3v) is 2.72. The second-order valence-electron chi connectivity index (χ2n) is 5.05. The molecular formula is C13H23BN2. The zero-order chi connectivity index (χ0) is 12.2. The first-order valence-corrected chi connectivity index (χ1v) is 6.09. The van der Waals surface area contributed by atoms with Crippen LogP contribution in [0.2, 0.25) is 0 Å². The van der Waals surface area contributed by atoms with Crippen LogP contribution in [0.3, 0.4) is 0 Å². The molecule has 0 unspecified atom stereocenters. The molecule has 1 rings (SSSR count). The van der Waals surface area contributed by atoms with E-state index in [1.165, 1.54) is 29.6 Å². The maximum absolute atomic E-state index is 6.17. The van der Waals surface area contributed by atoms with Crippen LogP contribution in [0.15, 0.2) is 18.2 Å². The van der Waals surface area contributed by atoms with Gasteiger partial charge in [0.2, 0.25) is 0 Å². The number of benzene rings is 1. The van der Waals surface area contributed by atoms with E-state index in [9.17, 15) is 0 Å². The van der Waals surface area contributed by atoms with Gasteiger partial charge in [0.15, 0.2) is 0 Å². The highest BCUT2D eigenvalue weighted by Crippen LogP contribution is 2.24. The molecule has 3 N–H and O–H groups in total. The summed E-state index contributed by atoms with van der Waals surface area (Å²) < 4.78 is 0. The summed E-state index contributed by atoms with van der Waals surface area (Å²) in [5.41, 5.74) is 9.52. The molecule has 1 aromatic carbocycles. The Kier molecular flexibility index (Phi) is 4.42. The van der Waals surface area contributed by atoms with Gasteiger partial charge in [0.05, 0.1) is 0 Å². The Morgan fingerprint density at radius 1 is 1.38 bits per heavy atom. The molecule has 1 aromatic rings. The molecule has 0 saturated heterocycles. The Labute approximate surface area is 100 Å². The predicted molar refractivity (Wildman–Crippen MR) is 75.2 cm³/mol. The van der Waals surface area contributed by atoms with E-state index in [-0.39, 0.29) is 5.54 Å². The lowest BCUT2D eigenvalue weighted by molar-refractivity contribution is 0.556. The molecule has 16 heavy (non-hydrogen) atoms. The van der Waals surface area contributed by atoms with Crippen molar-refractivity contribution >= 4 is 19.0 Å². The highest BCUT2D eigenvalue weighted by molar-refractivity contribution is 6.32. The minimum atomic E-state index is -0.289. The van der Waals surface area contributed by atoms with Gasteiger partial charge in [-0.1, -0.05) is 30.9 Å². The standard InChI is InChI=1S/C13H23BN2/c1-4-5-8-16-12-9-10(14)6-7-11(12)13(2,3)15/h6-7,9,16H,4-5,8,14-15H2,1-3H3. The number of nitrogens with one attached hydrogen (secondary N) is 1. The van der Waals surface area contributed by atoms with Crippen molar-refractivity contribution in [1.82, 2.24) is 0 Å². The van der Waals surface area contributed by atoms with E-state index in [1.807, 2.05) is 13.8 Å². The summed E-state index contributed by atoms with van der Waals surface area (Å²) >= 11 is 0. The Morgan fingerprint density at radius 3 is 2.62 bits per heavy atom. The summed E-state index contributed by atoms with van der Waals surface area (Å²) in [6, 6.07) is 6.43. The summed E-state index contributed by atoms with van der Waals surface area (Å²) in [4.78, 5) is 0. The Morgan fingerprint density at radius 2 is 2.06 bits per heavy atom. The van der Waals surface area contributed by atoms with E-state index >= 15 is 0 Å². The van der Waals surface area contributed by atoms with Crippen molar-refractivity contribution in [3.05, 3.63) is 23.8 Å². The molecule has 0 bridgehead atoms. The predicted octanol–water partition coefficient (Wildman–Crippen LogP) is 1.35. The second-order valence-corrected chi connectivity index (χ2v) is 5.05. The quantitative estimate of drug-likeness (QED) is 0.578. The first kappa shape index (κ1) is 13.1. The van der Waals surface area contributed by atoms with Gasteiger partial charge in [0.25, 0.3) is 0 Å². The zero-order valence-corrected chi connectivity index (χ0v) is 10.9. The maximum Gasteiger partial charge on any atom is 0.139 e. The molecule has 0 heterocycles. The van der Waals surface area contributed by atoms with Crippen LogP contribution in [0.5, 0.6) is 0 Å². The third kappa shape index (κ3) is 3.56. The van der Waals surface area contributed by atoms with E-state index in [2.05, 4.69) is 38.3 Å². The lowest BCUT2D eigenvalue weighted by Gasteiger charge is -2.24. The molecule has 2 nitrogen and oxygen atoms in total. The van der Waals surface area contributed by atoms with Crippen LogP contribution in [-0.2, 0) is 5.54 Å². The molecule has 3 heteroatoms. The van der Waals surface area contributed by atoms with Crippen LogP contribution in [-0.4, -0.2) is 14.4 Å². The SMILES string of the molecule is Bc1ccc(C(C)(C)N)c(NCCCC)c1. The average Bonchev–Trinajstić information content (AvgIpc) is 2.16. The van der Waals surface area contributed by atoms with Crippen LogP contribution in [0.25, 0.3) is 0 Å². The molecule has 0 radical (unpaired) electrons. The fraction of sp³-hybridized carbons (Fsp3) is 0.538. The molecule has 0 atom stereocenters. The van der Waals surface area contributed by atoms with E-state index in [0.717, 1.165) is 6.54 Å². The van der Waals surface area contributed by atoms with Gasteiger partial charge in [-0.05, 0) is 31.9 Å². The minimum absolute atomic E-state index is 0.289. The Balaban J connectivity index is 2.90. The van der Waals surface area contributed by atoms with E-state index in [1.54, 1.807) is 0 Å². The van der Waals surface area contributed by atoms with Gasteiger partial charge in [-0.2, -0.15) is 0 Å². The summed E-state index contributed by atoms with van der Waals surface area (Å²) in [5, 5.41) is 3.48. The van der Waals surface area contributed by atoms with Crippen LogP contribution in [0.1, 0.15) is 39.2 Å². The number of unbranched alkanes of at least 4 members (excludes halogenated alkanes) is 1. The van der Waals surface area contributed by atoms with Gasteiger partial charge < -0.3 is 11.1 Å². The van der Waals surface area contributed by atoms with Gasteiger partial charge >= 0.3 is 0 Å². The van der Waals surface area contributed by atoms with Crippen LogP contribution >= 0.6 is 0 Å². The highest BCUT2D eigenvalue weighted by Gasteiger charge is 2.17. The van der Waals surface area contributed by atoms with Crippen molar-refractivity contribution in [3.63, 3.8) is 0 Å². The number of rotatable bonds is 5. The Bertz CT molecular complexity index is 342. The van der Waals surface area contributed by atoms with Gasteiger partial charge in [-0.15, -0.1) is 0 Å². The minimum Gasteiger partial charge on any atom is -0.385 e. The summed E-state index contributed by atoms with van der Waals surface area (Å²) in [5.74, 6) is 0. The molecule has 0 fully saturated rings. The van der Waals surface area contributed by atoms with Gasteiger partial charge in [-0.25, -0.2) is 0 Å². The van der Waals surface area contributed by atoms with Crippen LogP contribution in [0, 0.1) is 0 Å². The summed E-state index contributed by atoms with van der Waals surface area (Å²) in [6.45, 7) is 7.31. The molecule has 0 spiro atoms. The normalized spacial score (nSPS) is 11.5. The zero-order valence-electron chi connectivity index (χ0n) is 10.9. The molecule has 88 valence electrons. The van der Waals surface area contributed by atoms with Crippen LogP contribution < -0.4 is 16.5 Å². The first-order chi connectivity index (χ1) is 7.45. The monoisotopic (exact) mass is 218 g/mol. The second kappa shape index (κ2) is 5.40. The molecular weight excluding hydrogens is 195 g/mol. The highest BCUT2D eigenvalue weighted by atomic mass is 14.9. The molecule has 0 aromatic heterocycles. The Hall–Kier alpha value is -0.955.